The maximum absolute atomic E-state index is 12.8. The van der Waals surface area contributed by atoms with Crippen molar-refractivity contribution in [3.05, 3.63) is 24.3 Å². The van der Waals surface area contributed by atoms with E-state index in [9.17, 15) is 14.4 Å². The van der Waals surface area contributed by atoms with E-state index in [1.165, 1.54) is 57.0 Å². The minimum atomic E-state index is -0.891. The maximum atomic E-state index is 12.8. The molecule has 1 N–H and O–H groups in total. The number of para-hydroxylation sites is 2. The third kappa shape index (κ3) is 10.6. The predicted molar refractivity (Wildman–Crippen MR) is 134 cm³/mol. The van der Waals surface area contributed by atoms with Crippen LogP contribution in [-0.2, 0) is 19.1 Å². The third-order valence-electron chi connectivity index (χ3n) is 6.19. The van der Waals surface area contributed by atoms with E-state index in [0.29, 0.717) is 31.2 Å². The van der Waals surface area contributed by atoms with Gasteiger partial charge in [-0.25, -0.2) is 0 Å². The number of methoxy groups -OCH3 is 1. The summed E-state index contributed by atoms with van der Waals surface area (Å²) in [6, 6.07) is 6.14. The van der Waals surface area contributed by atoms with Gasteiger partial charge in [-0.3, -0.25) is 14.4 Å². The second-order valence-electron chi connectivity index (χ2n) is 8.94. The van der Waals surface area contributed by atoms with Gasteiger partial charge >= 0.3 is 5.97 Å². The van der Waals surface area contributed by atoms with Crippen molar-refractivity contribution in [2.45, 2.75) is 83.6 Å². The Labute approximate surface area is 209 Å². The molecule has 2 amide bonds. The zero-order valence-electron chi connectivity index (χ0n) is 21.4. The first kappa shape index (κ1) is 28.5. The van der Waals surface area contributed by atoms with Gasteiger partial charge in [0, 0.05) is 13.1 Å². The van der Waals surface area contributed by atoms with Gasteiger partial charge in [0.15, 0.2) is 18.1 Å². The molecule has 0 bridgehead atoms. The summed E-state index contributed by atoms with van der Waals surface area (Å²) in [6.45, 7) is 2.97. The van der Waals surface area contributed by atoms with Gasteiger partial charge in [-0.15, -0.1) is 0 Å². The molecule has 8 nitrogen and oxygen atoms in total. The molecule has 0 saturated carbocycles. The van der Waals surface area contributed by atoms with Crippen LogP contribution in [0.5, 0.6) is 11.5 Å². The van der Waals surface area contributed by atoms with Crippen LogP contribution in [0.4, 0.5) is 0 Å². The number of hydrogen-bond donors (Lipinski definition) is 1. The van der Waals surface area contributed by atoms with E-state index >= 15 is 0 Å². The Morgan fingerprint density at radius 1 is 0.971 bits per heavy atom. The normalized spacial score (nSPS) is 15.4. The first-order chi connectivity index (χ1) is 17.1. The SMILES string of the molecule is CCCCCCCCCCCCOC(=O)CC1C(=O)NCCN1C(=O)COc1ccccc1OC. The van der Waals surface area contributed by atoms with Crippen LogP contribution < -0.4 is 14.8 Å². The van der Waals surface area contributed by atoms with E-state index in [1.807, 2.05) is 0 Å². The van der Waals surface area contributed by atoms with Crippen LogP contribution in [0.1, 0.15) is 77.6 Å². The number of hydrogen-bond acceptors (Lipinski definition) is 6. The molecular formula is C27H42N2O6. The monoisotopic (exact) mass is 490 g/mol. The first-order valence-corrected chi connectivity index (χ1v) is 13.1. The lowest BCUT2D eigenvalue weighted by Gasteiger charge is -2.34. The summed E-state index contributed by atoms with van der Waals surface area (Å²) in [4.78, 5) is 39.0. The van der Waals surface area contributed by atoms with Gasteiger partial charge in [-0.2, -0.15) is 0 Å². The highest BCUT2D eigenvalue weighted by molar-refractivity contribution is 5.92. The van der Waals surface area contributed by atoms with Gasteiger partial charge in [0.1, 0.15) is 6.04 Å². The molecule has 1 aliphatic rings. The highest BCUT2D eigenvalue weighted by Gasteiger charge is 2.35. The summed E-state index contributed by atoms with van der Waals surface area (Å²) in [7, 11) is 1.52. The van der Waals surface area contributed by atoms with Crippen LogP contribution in [0.25, 0.3) is 0 Å². The number of amides is 2. The maximum Gasteiger partial charge on any atom is 0.308 e. The summed E-state index contributed by atoms with van der Waals surface area (Å²) in [5.74, 6) is -0.219. The Bertz CT molecular complexity index is 785. The van der Waals surface area contributed by atoms with Gasteiger partial charge in [-0.05, 0) is 18.6 Å². The Kier molecular flexibility index (Phi) is 13.7. The van der Waals surface area contributed by atoms with Gasteiger partial charge in [0.05, 0.1) is 20.1 Å². The highest BCUT2D eigenvalue weighted by Crippen LogP contribution is 2.26. The lowest BCUT2D eigenvalue weighted by Crippen LogP contribution is -2.58. The molecule has 1 aliphatic heterocycles. The number of nitrogens with zero attached hydrogens (tertiary/aromatic N) is 1. The molecule has 1 unspecified atom stereocenters. The van der Waals surface area contributed by atoms with Crippen molar-refractivity contribution in [2.75, 3.05) is 33.4 Å². The predicted octanol–water partition coefficient (Wildman–Crippen LogP) is 4.26. The molecule has 1 aromatic rings. The van der Waals surface area contributed by atoms with Crippen LogP contribution in [0.2, 0.25) is 0 Å². The highest BCUT2D eigenvalue weighted by atomic mass is 16.5. The molecule has 0 radical (unpaired) electrons. The van der Waals surface area contributed by atoms with Crippen molar-refractivity contribution in [3.8, 4) is 11.5 Å². The van der Waals surface area contributed by atoms with Gasteiger partial charge < -0.3 is 24.4 Å². The Hall–Kier alpha value is -2.77. The Morgan fingerprint density at radius 2 is 1.60 bits per heavy atom. The topological polar surface area (TPSA) is 94.2 Å². The lowest BCUT2D eigenvalue weighted by atomic mass is 10.1. The summed E-state index contributed by atoms with van der Waals surface area (Å²) >= 11 is 0. The number of nitrogens with one attached hydrogen (secondary N) is 1. The van der Waals surface area contributed by atoms with Crippen molar-refractivity contribution < 1.29 is 28.6 Å². The van der Waals surface area contributed by atoms with Crippen molar-refractivity contribution in [3.63, 3.8) is 0 Å². The van der Waals surface area contributed by atoms with Crippen molar-refractivity contribution in [1.29, 1.82) is 0 Å². The molecule has 35 heavy (non-hydrogen) atoms. The van der Waals surface area contributed by atoms with Gasteiger partial charge in [0.2, 0.25) is 5.91 Å². The van der Waals surface area contributed by atoms with Crippen molar-refractivity contribution in [1.82, 2.24) is 10.2 Å². The van der Waals surface area contributed by atoms with Crippen LogP contribution in [0.15, 0.2) is 24.3 Å². The molecular weight excluding hydrogens is 448 g/mol. The molecule has 1 saturated heterocycles. The summed E-state index contributed by atoms with van der Waals surface area (Å²) < 4.78 is 16.2. The fourth-order valence-electron chi connectivity index (χ4n) is 4.17. The van der Waals surface area contributed by atoms with Crippen molar-refractivity contribution >= 4 is 17.8 Å². The zero-order chi connectivity index (χ0) is 25.3. The fourth-order valence-corrected chi connectivity index (χ4v) is 4.17. The Balaban J connectivity index is 1.68. The molecule has 2 rings (SSSR count). The third-order valence-corrected chi connectivity index (χ3v) is 6.19. The van der Waals surface area contributed by atoms with Gasteiger partial charge in [0.25, 0.3) is 5.91 Å². The zero-order valence-corrected chi connectivity index (χ0v) is 21.4. The molecule has 1 fully saturated rings. The molecule has 1 aromatic carbocycles. The smallest absolute Gasteiger partial charge is 0.308 e. The van der Waals surface area contributed by atoms with E-state index in [2.05, 4.69) is 12.2 Å². The first-order valence-electron chi connectivity index (χ1n) is 13.1. The number of esters is 1. The molecule has 1 heterocycles. The number of benzene rings is 1. The summed E-state index contributed by atoms with van der Waals surface area (Å²) in [5.41, 5.74) is 0. The molecule has 1 atom stereocenters. The fraction of sp³-hybridized carbons (Fsp3) is 0.667. The Morgan fingerprint density at radius 3 is 2.26 bits per heavy atom. The minimum absolute atomic E-state index is 0.163. The number of rotatable bonds is 17. The summed E-state index contributed by atoms with van der Waals surface area (Å²) in [6.07, 6.45) is 11.9. The molecule has 0 aromatic heterocycles. The molecule has 0 spiro atoms. The standard InChI is InChI=1S/C27H42N2O6/c1-3-4-5-6-7-8-9-10-11-14-19-34-26(31)20-22-27(32)28-17-18-29(22)25(30)21-35-24-16-13-12-15-23(24)33-2/h12-13,15-16,22H,3-11,14,17-21H2,1-2H3,(H,28,32). The second kappa shape index (κ2) is 16.8. The quantitative estimate of drug-likeness (QED) is 0.259. The van der Waals surface area contributed by atoms with Crippen LogP contribution in [0, 0.1) is 0 Å². The largest absolute Gasteiger partial charge is 0.493 e. The lowest BCUT2D eigenvalue weighted by molar-refractivity contribution is -0.152. The number of carbonyl (C=O) groups excluding carboxylic acids is 3. The average molecular weight is 491 g/mol. The van der Waals surface area contributed by atoms with E-state index in [1.54, 1.807) is 24.3 Å². The van der Waals surface area contributed by atoms with E-state index in [4.69, 9.17) is 14.2 Å². The van der Waals surface area contributed by atoms with Crippen LogP contribution >= 0.6 is 0 Å². The van der Waals surface area contributed by atoms with Gasteiger partial charge in [-0.1, -0.05) is 76.8 Å². The molecule has 0 aliphatic carbocycles. The number of unbranched alkanes of at least 4 members (excludes halogenated alkanes) is 9. The van der Waals surface area contributed by atoms with Crippen molar-refractivity contribution in [2.24, 2.45) is 0 Å². The number of ether oxygens (including phenoxy) is 3. The van der Waals surface area contributed by atoms with E-state index < -0.39 is 12.0 Å². The molecule has 8 heteroatoms. The second-order valence-corrected chi connectivity index (χ2v) is 8.94. The number of carbonyl (C=O) groups is 3. The van der Waals surface area contributed by atoms with E-state index in [0.717, 1.165) is 19.3 Å². The summed E-state index contributed by atoms with van der Waals surface area (Å²) in [5, 5.41) is 2.72. The van der Waals surface area contributed by atoms with Crippen LogP contribution in [-0.4, -0.2) is 62.1 Å². The van der Waals surface area contributed by atoms with E-state index in [-0.39, 0.29) is 24.8 Å². The molecule has 196 valence electrons. The average Bonchev–Trinajstić information content (AvgIpc) is 2.87. The van der Waals surface area contributed by atoms with Crippen LogP contribution in [0.3, 0.4) is 0 Å². The minimum Gasteiger partial charge on any atom is -0.493 e. The number of piperazine rings is 1.